The Kier molecular flexibility index (Phi) is 6.03. The van der Waals surface area contributed by atoms with Crippen molar-refractivity contribution in [2.45, 2.75) is 44.6 Å². The Morgan fingerprint density at radius 2 is 1.96 bits per heavy atom. The Balaban J connectivity index is 2.09. The van der Waals surface area contributed by atoms with Gasteiger partial charge in [-0.1, -0.05) is 32.4 Å². The number of benzene rings is 2. The van der Waals surface area contributed by atoms with E-state index in [0.717, 1.165) is 41.4 Å². The normalized spacial score (nSPS) is 11.2. The van der Waals surface area contributed by atoms with Gasteiger partial charge in [0, 0.05) is 17.0 Å². The van der Waals surface area contributed by atoms with Crippen LogP contribution in [0.3, 0.4) is 0 Å². The molecule has 132 valence electrons. The van der Waals surface area contributed by atoms with Crippen molar-refractivity contribution >= 4 is 22.8 Å². The van der Waals surface area contributed by atoms with Gasteiger partial charge in [-0.3, -0.25) is 0 Å². The summed E-state index contributed by atoms with van der Waals surface area (Å²) in [4.78, 5) is 6.25. The first-order valence-corrected chi connectivity index (χ1v) is 10.0. The van der Waals surface area contributed by atoms with Crippen LogP contribution >= 0.6 is 11.8 Å². The Labute approximate surface area is 154 Å². The number of methoxy groups -OCH3 is 1. The average molecular weight is 355 g/mol. The van der Waals surface area contributed by atoms with E-state index in [0.29, 0.717) is 0 Å². The van der Waals surface area contributed by atoms with Crippen LogP contribution in [0.4, 0.5) is 0 Å². The molecule has 0 spiro atoms. The molecular formula is C21H26N2OS. The molecule has 3 rings (SSSR count). The van der Waals surface area contributed by atoms with Gasteiger partial charge in [-0.05, 0) is 48.9 Å². The first-order valence-electron chi connectivity index (χ1n) is 9.04. The van der Waals surface area contributed by atoms with E-state index in [4.69, 9.17) is 9.72 Å². The number of thioether (sulfide) groups is 1. The third kappa shape index (κ3) is 4.01. The van der Waals surface area contributed by atoms with Crippen LogP contribution in [0, 0.1) is 0 Å². The smallest absolute Gasteiger partial charge is 0.141 e. The Morgan fingerprint density at radius 3 is 2.72 bits per heavy atom. The number of ether oxygens (including phenoxy) is 1. The fourth-order valence-electron chi connectivity index (χ4n) is 2.94. The summed E-state index contributed by atoms with van der Waals surface area (Å²) in [5.41, 5.74) is 3.40. The van der Waals surface area contributed by atoms with E-state index in [-0.39, 0.29) is 0 Å². The van der Waals surface area contributed by atoms with Gasteiger partial charge in [0.25, 0.3) is 0 Å². The van der Waals surface area contributed by atoms with E-state index in [1.54, 1.807) is 7.11 Å². The van der Waals surface area contributed by atoms with Crippen LogP contribution in [0.5, 0.6) is 5.75 Å². The van der Waals surface area contributed by atoms with Gasteiger partial charge in [0.05, 0.1) is 18.1 Å². The molecule has 3 aromatic rings. The molecule has 1 aromatic heterocycles. The number of fused-ring (bicyclic) bond motifs is 1. The van der Waals surface area contributed by atoms with Crippen LogP contribution < -0.4 is 4.74 Å². The van der Waals surface area contributed by atoms with Crippen molar-refractivity contribution < 1.29 is 4.74 Å². The summed E-state index contributed by atoms with van der Waals surface area (Å²) in [5, 5.41) is 0. The number of nitrogens with zero attached hydrogens (tertiary/aromatic N) is 2. The number of unbranched alkanes of at least 4 members (excludes halogenated alkanes) is 1. The van der Waals surface area contributed by atoms with Crippen LogP contribution in [-0.4, -0.2) is 22.4 Å². The number of rotatable bonds is 8. The molecule has 2 aromatic carbocycles. The fraction of sp³-hybridized carbons (Fsp3) is 0.381. The molecular weight excluding hydrogens is 328 g/mol. The van der Waals surface area contributed by atoms with E-state index < -0.39 is 0 Å². The number of hydrogen-bond donors (Lipinski definition) is 0. The second-order valence-electron chi connectivity index (χ2n) is 6.17. The van der Waals surface area contributed by atoms with Crippen molar-refractivity contribution in [3.8, 4) is 17.1 Å². The summed E-state index contributed by atoms with van der Waals surface area (Å²) in [6.07, 6.45) is 3.50. The average Bonchev–Trinajstić information content (AvgIpc) is 3.02. The first-order chi connectivity index (χ1) is 12.3. The van der Waals surface area contributed by atoms with Crippen molar-refractivity contribution in [1.29, 1.82) is 0 Å². The Morgan fingerprint density at radius 1 is 1.08 bits per heavy atom. The third-order valence-electron chi connectivity index (χ3n) is 4.26. The highest BCUT2D eigenvalue weighted by Crippen LogP contribution is 2.30. The lowest BCUT2D eigenvalue weighted by Crippen LogP contribution is -2.01. The number of imidazole rings is 1. The van der Waals surface area contributed by atoms with Crippen molar-refractivity contribution in [3.05, 3.63) is 42.5 Å². The lowest BCUT2D eigenvalue weighted by Gasteiger charge is -2.10. The monoisotopic (exact) mass is 354 g/mol. The summed E-state index contributed by atoms with van der Waals surface area (Å²) in [6.45, 7) is 5.44. The Bertz CT molecular complexity index is 841. The maximum atomic E-state index is 5.39. The van der Waals surface area contributed by atoms with Gasteiger partial charge in [0.2, 0.25) is 0 Å². The van der Waals surface area contributed by atoms with E-state index >= 15 is 0 Å². The number of aromatic nitrogens is 2. The third-order valence-corrected chi connectivity index (χ3v) is 5.46. The van der Waals surface area contributed by atoms with Gasteiger partial charge in [0.15, 0.2) is 0 Å². The van der Waals surface area contributed by atoms with Crippen molar-refractivity contribution in [2.24, 2.45) is 0 Å². The highest BCUT2D eigenvalue weighted by Gasteiger charge is 2.13. The lowest BCUT2D eigenvalue weighted by molar-refractivity contribution is 0.415. The lowest BCUT2D eigenvalue weighted by atomic mass is 10.2. The number of hydrogen-bond acceptors (Lipinski definition) is 3. The molecule has 0 aliphatic rings. The van der Waals surface area contributed by atoms with E-state index in [9.17, 15) is 0 Å². The molecule has 0 unspecified atom stereocenters. The van der Waals surface area contributed by atoms with Crippen molar-refractivity contribution in [3.63, 3.8) is 0 Å². The first kappa shape index (κ1) is 17.9. The van der Waals surface area contributed by atoms with E-state index in [1.165, 1.54) is 23.3 Å². The van der Waals surface area contributed by atoms with Crippen molar-refractivity contribution in [2.75, 3.05) is 12.9 Å². The molecule has 0 fully saturated rings. The van der Waals surface area contributed by atoms with Gasteiger partial charge in [0.1, 0.15) is 11.6 Å². The van der Waals surface area contributed by atoms with Crippen LogP contribution in [-0.2, 0) is 6.54 Å². The molecule has 1 heterocycles. The summed E-state index contributed by atoms with van der Waals surface area (Å²) in [6, 6.07) is 14.8. The van der Waals surface area contributed by atoms with E-state index in [2.05, 4.69) is 48.7 Å². The van der Waals surface area contributed by atoms with Crippen LogP contribution in [0.1, 0.15) is 33.1 Å². The zero-order valence-corrected chi connectivity index (χ0v) is 16.1. The second kappa shape index (κ2) is 8.43. The molecule has 0 N–H and O–H groups in total. The largest absolute Gasteiger partial charge is 0.497 e. The minimum atomic E-state index is 0.866. The van der Waals surface area contributed by atoms with Crippen LogP contribution in [0.15, 0.2) is 47.4 Å². The zero-order valence-electron chi connectivity index (χ0n) is 15.3. The fourth-order valence-corrected chi connectivity index (χ4v) is 3.74. The highest BCUT2D eigenvalue weighted by molar-refractivity contribution is 7.99. The molecule has 0 radical (unpaired) electrons. The van der Waals surface area contributed by atoms with Crippen LogP contribution in [0.2, 0.25) is 0 Å². The minimum absolute atomic E-state index is 0.866. The summed E-state index contributed by atoms with van der Waals surface area (Å²) < 4.78 is 7.76. The second-order valence-corrected chi connectivity index (χ2v) is 7.34. The van der Waals surface area contributed by atoms with Crippen LogP contribution in [0.25, 0.3) is 22.4 Å². The SMILES string of the molecule is CCCCn1c(-c2cccc(OC)c2)nc2ccc(SCCC)cc21. The number of aryl methyl sites for hydroxylation is 1. The molecule has 0 bridgehead atoms. The Hall–Kier alpha value is -1.94. The van der Waals surface area contributed by atoms with Gasteiger partial charge >= 0.3 is 0 Å². The molecule has 0 saturated heterocycles. The molecule has 4 heteroatoms. The minimum Gasteiger partial charge on any atom is -0.497 e. The molecule has 0 aliphatic heterocycles. The molecule has 3 nitrogen and oxygen atoms in total. The van der Waals surface area contributed by atoms with Crippen molar-refractivity contribution in [1.82, 2.24) is 9.55 Å². The molecule has 0 amide bonds. The topological polar surface area (TPSA) is 27.1 Å². The quantitative estimate of drug-likeness (QED) is 0.463. The zero-order chi connectivity index (χ0) is 17.6. The summed E-state index contributed by atoms with van der Waals surface area (Å²) >= 11 is 1.92. The highest BCUT2D eigenvalue weighted by atomic mass is 32.2. The maximum absolute atomic E-state index is 5.39. The predicted octanol–water partition coefficient (Wildman–Crippen LogP) is 6.01. The van der Waals surface area contributed by atoms with Gasteiger partial charge in [-0.15, -0.1) is 11.8 Å². The van der Waals surface area contributed by atoms with Gasteiger partial charge in [-0.2, -0.15) is 0 Å². The summed E-state index contributed by atoms with van der Waals surface area (Å²) in [5.74, 6) is 3.04. The molecule has 0 atom stereocenters. The maximum Gasteiger partial charge on any atom is 0.141 e. The predicted molar refractivity (Wildman–Crippen MR) is 108 cm³/mol. The molecule has 0 aliphatic carbocycles. The molecule has 0 saturated carbocycles. The standard InChI is InChI=1S/C21H26N2OS/c1-4-6-12-23-20-15-18(25-13-5-2)10-11-19(20)22-21(23)16-8-7-9-17(14-16)24-3/h7-11,14-15H,4-6,12-13H2,1-3H3. The summed E-state index contributed by atoms with van der Waals surface area (Å²) in [7, 11) is 1.70. The molecule has 25 heavy (non-hydrogen) atoms. The van der Waals surface area contributed by atoms with E-state index in [1.807, 2.05) is 23.9 Å². The van der Waals surface area contributed by atoms with Gasteiger partial charge < -0.3 is 9.30 Å². The van der Waals surface area contributed by atoms with Gasteiger partial charge in [-0.25, -0.2) is 4.98 Å².